The summed E-state index contributed by atoms with van der Waals surface area (Å²) in [5, 5.41) is 11.6. The van der Waals surface area contributed by atoms with Crippen molar-refractivity contribution in [3.8, 4) is 0 Å². The largest absolute Gasteiger partial charge is 0.367 e. The fraction of sp³-hybridized carbons (Fsp3) is 0.357. The molecule has 3 rings (SSSR count). The zero-order valence-electron chi connectivity index (χ0n) is 11.0. The Balaban J connectivity index is 2.11. The molecule has 0 saturated carbocycles. The molecule has 0 aliphatic carbocycles. The van der Waals surface area contributed by atoms with Crippen LogP contribution in [0.3, 0.4) is 0 Å². The molecule has 1 N–H and O–H groups in total. The predicted molar refractivity (Wildman–Crippen MR) is 72.9 cm³/mol. The Morgan fingerprint density at radius 3 is 2.95 bits per heavy atom. The van der Waals surface area contributed by atoms with Gasteiger partial charge in [0.2, 0.25) is 0 Å². The van der Waals surface area contributed by atoms with Gasteiger partial charge in [-0.15, -0.1) is 0 Å². The van der Waals surface area contributed by atoms with Crippen molar-refractivity contribution in [2.24, 2.45) is 0 Å². The van der Waals surface area contributed by atoms with Gasteiger partial charge in [0.1, 0.15) is 11.1 Å². The maximum Gasteiger partial charge on any atom is 0.293 e. The molecule has 1 saturated heterocycles. The number of ketones is 1. The number of nitrogens with zero attached hydrogens (tertiary/aromatic N) is 1. The lowest BCUT2D eigenvalue weighted by molar-refractivity contribution is -0.383. The Kier molecular flexibility index (Phi) is 2.83. The Hall–Kier alpha value is -2.21. The lowest BCUT2D eigenvalue weighted by atomic mass is 9.92. The number of aromatic amines is 1. The summed E-state index contributed by atoms with van der Waals surface area (Å²) in [6.45, 7) is 2.35. The molecular weight excluding hydrogens is 260 g/mol. The van der Waals surface area contributed by atoms with E-state index in [0.717, 1.165) is 6.42 Å². The first-order valence-corrected chi connectivity index (χ1v) is 6.46. The zero-order chi connectivity index (χ0) is 14.3. The number of carbonyl (C=O) groups excluding carboxylic acids is 1. The second kappa shape index (κ2) is 4.42. The van der Waals surface area contributed by atoms with E-state index < -0.39 is 10.5 Å². The van der Waals surface area contributed by atoms with Gasteiger partial charge in [0.15, 0.2) is 5.78 Å². The van der Waals surface area contributed by atoms with E-state index in [1.54, 1.807) is 19.1 Å². The smallest absolute Gasteiger partial charge is 0.293 e. The first-order chi connectivity index (χ1) is 9.53. The number of nitrogens with one attached hydrogen (secondary N) is 1. The molecule has 2 aromatic rings. The number of non-ortho nitro benzene ring substituents is 1. The molecule has 6 heteroatoms. The summed E-state index contributed by atoms with van der Waals surface area (Å²) in [5.41, 5.74) is -0.0192. The van der Waals surface area contributed by atoms with Crippen LogP contribution in [0.15, 0.2) is 24.4 Å². The Morgan fingerprint density at radius 2 is 2.30 bits per heavy atom. The van der Waals surface area contributed by atoms with Crippen molar-refractivity contribution in [2.45, 2.75) is 25.4 Å². The van der Waals surface area contributed by atoms with Crippen molar-refractivity contribution in [1.82, 2.24) is 4.98 Å². The second-order valence-electron chi connectivity index (χ2n) is 5.17. The number of benzene rings is 1. The van der Waals surface area contributed by atoms with Crippen LogP contribution in [0.2, 0.25) is 0 Å². The minimum atomic E-state index is -0.820. The topological polar surface area (TPSA) is 85.2 Å². The van der Waals surface area contributed by atoms with Gasteiger partial charge in [-0.05, 0) is 19.8 Å². The number of para-hydroxylation sites is 1. The summed E-state index contributed by atoms with van der Waals surface area (Å²) in [6, 6.07) is 4.72. The van der Waals surface area contributed by atoms with Gasteiger partial charge in [-0.2, -0.15) is 0 Å². The first-order valence-electron chi connectivity index (χ1n) is 6.46. The number of rotatable bonds is 3. The van der Waals surface area contributed by atoms with Crippen LogP contribution in [0.1, 0.15) is 30.1 Å². The summed E-state index contributed by atoms with van der Waals surface area (Å²) >= 11 is 0. The molecule has 1 atom stereocenters. The highest BCUT2D eigenvalue weighted by atomic mass is 16.6. The number of Topliss-reactive ketones (excluding diaryl/α,β-unsaturated/α-hetero) is 1. The number of H-pyrrole nitrogens is 1. The number of ether oxygens (including phenoxy) is 1. The highest BCUT2D eigenvalue weighted by molar-refractivity contribution is 6.13. The minimum Gasteiger partial charge on any atom is -0.367 e. The predicted octanol–water partition coefficient (Wildman–Crippen LogP) is 2.83. The molecule has 20 heavy (non-hydrogen) atoms. The highest BCUT2D eigenvalue weighted by Gasteiger charge is 2.39. The Morgan fingerprint density at radius 1 is 1.50 bits per heavy atom. The number of hydrogen-bond donors (Lipinski definition) is 1. The fourth-order valence-electron chi connectivity index (χ4n) is 2.72. The van der Waals surface area contributed by atoms with Crippen molar-refractivity contribution in [3.63, 3.8) is 0 Å². The zero-order valence-corrected chi connectivity index (χ0v) is 11.0. The van der Waals surface area contributed by atoms with Crippen molar-refractivity contribution in [3.05, 3.63) is 40.1 Å². The molecule has 1 aliphatic heterocycles. The van der Waals surface area contributed by atoms with E-state index in [4.69, 9.17) is 4.74 Å². The van der Waals surface area contributed by atoms with Crippen LogP contribution in [-0.2, 0) is 4.74 Å². The van der Waals surface area contributed by atoms with E-state index in [1.807, 2.05) is 0 Å². The third-order valence-corrected chi connectivity index (χ3v) is 3.83. The first kappa shape index (κ1) is 12.8. The summed E-state index contributed by atoms with van der Waals surface area (Å²) in [4.78, 5) is 26.0. The lowest BCUT2D eigenvalue weighted by Gasteiger charge is -2.20. The average Bonchev–Trinajstić information content (AvgIpc) is 3.04. The van der Waals surface area contributed by atoms with Gasteiger partial charge in [-0.1, -0.05) is 12.1 Å². The van der Waals surface area contributed by atoms with E-state index in [1.165, 1.54) is 12.3 Å². The van der Waals surface area contributed by atoms with Crippen LogP contribution < -0.4 is 0 Å². The van der Waals surface area contributed by atoms with Gasteiger partial charge < -0.3 is 9.72 Å². The van der Waals surface area contributed by atoms with Crippen molar-refractivity contribution >= 4 is 22.4 Å². The van der Waals surface area contributed by atoms with Crippen LogP contribution >= 0.6 is 0 Å². The molecule has 1 aliphatic rings. The molecule has 0 spiro atoms. The molecule has 104 valence electrons. The van der Waals surface area contributed by atoms with Crippen molar-refractivity contribution < 1.29 is 14.5 Å². The van der Waals surface area contributed by atoms with Crippen LogP contribution in [0.25, 0.3) is 10.9 Å². The molecule has 2 heterocycles. The summed E-state index contributed by atoms with van der Waals surface area (Å²) < 4.78 is 5.56. The lowest BCUT2D eigenvalue weighted by Crippen LogP contribution is -2.34. The van der Waals surface area contributed by atoms with Gasteiger partial charge in [0.25, 0.3) is 5.69 Å². The summed E-state index contributed by atoms with van der Waals surface area (Å²) in [6.07, 6.45) is 3.06. The Labute approximate surface area is 114 Å². The van der Waals surface area contributed by atoms with E-state index in [9.17, 15) is 14.9 Å². The van der Waals surface area contributed by atoms with E-state index >= 15 is 0 Å². The van der Waals surface area contributed by atoms with Gasteiger partial charge in [-0.25, -0.2) is 0 Å². The average molecular weight is 274 g/mol. The maximum atomic E-state index is 12.6. The van der Waals surface area contributed by atoms with E-state index in [2.05, 4.69) is 4.98 Å². The molecule has 0 bridgehead atoms. The quantitative estimate of drug-likeness (QED) is 0.529. The summed E-state index contributed by atoms with van der Waals surface area (Å²) in [5.74, 6) is -0.123. The fourth-order valence-corrected chi connectivity index (χ4v) is 2.72. The monoisotopic (exact) mass is 274 g/mol. The van der Waals surface area contributed by atoms with Crippen LogP contribution in [0.5, 0.6) is 0 Å². The van der Waals surface area contributed by atoms with Crippen LogP contribution in [0, 0.1) is 10.1 Å². The molecule has 1 aromatic carbocycles. The van der Waals surface area contributed by atoms with Crippen LogP contribution in [-0.4, -0.2) is 27.9 Å². The van der Waals surface area contributed by atoms with Crippen molar-refractivity contribution in [2.75, 3.05) is 6.61 Å². The maximum absolute atomic E-state index is 12.6. The summed E-state index contributed by atoms with van der Waals surface area (Å²) in [7, 11) is 0. The SMILES string of the molecule is CC1(C(=O)c2c[nH]c3c([N+](=O)[O-])cccc23)CCCO1. The Bertz CT molecular complexity index is 698. The number of hydrogen-bond acceptors (Lipinski definition) is 4. The molecule has 0 radical (unpaired) electrons. The second-order valence-corrected chi connectivity index (χ2v) is 5.17. The van der Waals surface area contributed by atoms with Crippen LogP contribution in [0.4, 0.5) is 5.69 Å². The molecule has 1 unspecified atom stereocenters. The van der Waals surface area contributed by atoms with Gasteiger partial charge in [0, 0.05) is 29.8 Å². The molecule has 6 nitrogen and oxygen atoms in total. The number of nitro benzene ring substituents is 1. The number of carbonyl (C=O) groups is 1. The number of aromatic nitrogens is 1. The number of nitro groups is 1. The third kappa shape index (κ3) is 1.80. The molecule has 1 fully saturated rings. The van der Waals surface area contributed by atoms with Crippen molar-refractivity contribution in [1.29, 1.82) is 0 Å². The molecule has 0 amide bonds. The standard InChI is InChI=1S/C14H14N2O4/c1-14(6-3-7-20-14)13(17)10-8-15-12-9(10)4-2-5-11(12)16(18)19/h2,4-5,8,15H,3,6-7H2,1H3. The minimum absolute atomic E-state index is 0.0287. The normalized spacial score (nSPS) is 22.2. The van der Waals surface area contributed by atoms with Gasteiger partial charge in [0.05, 0.1) is 4.92 Å². The van der Waals surface area contributed by atoms with E-state index in [-0.39, 0.29) is 11.5 Å². The number of fused-ring (bicyclic) bond motifs is 1. The molecule has 1 aromatic heterocycles. The third-order valence-electron chi connectivity index (χ3n) is 3.83. The van der Waals surface area contributed by atoms with Gasteiger partial charge in [-0.3, -0.25) is 14.9 Å². The highest BCUT2D eigenvalue weighted by Crippen LogP contribution is 2.33. The van der Waals surface area contributed by atoms with Gasteiger partial charge >= 0.3 is 0 Å². The van der Waals surface area contributed by atoms with E-state index in [0.29, 0.717) is 29.5 Å². The molecular formula is C14H14N2O4.